The fourth-order valence-electron chi connectivity index (χ4n) is 3.52. The molecule has 4 aromatic rings. The second-order valence-electron chi connectivity index (χ2n) is 8.37. The normalized spacial score (nSPS) is 12.7. The summed E-state index contributed by atoms with van der Waals surface area (Å²) in [5.74, 6) is 1.33. The summed E-state index contributed by atoms with van der Waals surface area (Å²) in [5.41, 5.74) is 1.99. The number of aromatic nitrogens is 2. The fraction of sp³-hybridized carbons (Fsp3) is 0.250. The van der Waals surface area contributed by atoms with Gasteiger partial charge in [-0.15, -0.1) is 0 Å². The predicted octanol–water partition coefficient (Wildman–Crippen LogP) is 5.97. The number of aliphatic carboxylic acids is 1. The van der Waals surface area contributed by atoms with Gasteiger partial charge < -0.3 is 19.0 Å². The van der Waals surface area contributed by atoms with Crippen molar-refractivity contribution in [2.45, 2.75) is 39.2 Å². The molecule has 7 heteroatoms. The van der Waals surface area contributed by atoms with Gasteiger partial charge in [0, 0.05) is 23.6 Å². The quantitative estimate of drug-likeness (QED) is 0.304. The average Bonchev–Trinajstić information content (AvgIpc) is 3.25. The molecular weight excluding hydrogens is 444 g/mol. The molecular formula is C28H28N2O5. The van der Waals surface area contributed by atoms with Gasteiger partial charge in [0.2, 0.25) is 17.4 Å². The molecule has 0 saturated heterocycles. The lowest BCUT2D eigenvalue weighted by Crippen LogP contribution is -2.40. The van der Waals surface area contributed by atoms with Gasteiger partial charge in [0.15, 0.2) is 0 Å². The summed E-state index contributed by atoms with van der Waals surface area (Å²) >= 11 is 0. The molecule has 0 aliphatic heterocycles. The van der Waals surface area contributed by atoms with Crippen LogP contribution in [0.4, 0.5) is 0 Å². The molecule has 1 unspecified atom stereocenters. The number of carbonyl (C=O) groups is 1. The Hall–Kier alpha value is -4.13. The van der Waals surface area contributed by atoms with E-state index >= 15 is 0 Å². The van der Waals surface area contributed by atoms with Gasteiger partial charge >= 0.3 is 5.97 Å². The molecule has 0 radical (unpaired) electrons. The number of hydrogen-bond acceptors (Lipinski definition) is 6. The van der Waals surface area contributed by atoms with Gasteiger partial charge in [-0.25, -0.2) is 14.8 Å². The lowest BCUT2D eigenvalue weighted by molar-refractivity contribution is -0.154. The molecule has 180 valence electrons. The van der Waals surface area contributed by atoms with Gasteiger partial charge in [0.1, 0.15) is 11.5 Å². The Morgan fingerprint density at radius 3 is 2.49 bits per heavy atom. The number of carboxylic acid groups (broad SMARTS) is 1. The number of benzene rings is 2. The van der Waals surface area contributed by atoms with Crippen LogP contribution in [0.5, 0.6) is 11.6 Å². The van der Waals surface area contributed by atoms with Gasteiger partial charge in [-0.05, 0) is 50.6 Å². The summed E-state index contributed by atoms with van der Waals surface area (Å²) in [6.07, 6.45) is 0.925. The predicted molar refractivity (Wildman–Crippen MR) is 133 cm³/mol. The van der Waals surface area contributed by atoms with E-state index < -0.39 is 11.6 Å². The smallest absolute Gasteiger partial charge is 0.347 e. The van der Waals surface area contributed by atoms with E-state index in [9.17, 15) is 9.90 Å². The lowest BCUT2D eigenvalue weighted by atomic mass is 10.0. The van der Waals surface area contributed by atoms with E-state index in [-0.39, 0.29) is 0 Å². The monoisotopic (exact) mass is 472 g/mol. The van der Waals surface area contributed by atoms with Crippen molar-refractivity contribution in [3.05, 3.63) is 84.3 Å². The standard InChI is InChI=1S/C28H28N2O5/c1-4-28(3,27(31)32)35-22-13-8-12-21(18-22)24-14-9-15-25(29-24)33-17-16-23-19(2)34-26(30-23)20-10-6-5-7-11-20/h5-15,18H,4,16-17H2,1-3H3,(H,31,32). The summed E-state index contributed by atoms with van der Waals surface area (Å²) in [6, 6.07) is 22.6. The molecule has 35 heavy (non-hydrogen) atoms. The van der Waals surface area contributed by atoms with Crippen molar-refractivity contribution < 1.29 is 23.8 Å². The Morgan fingerprint density at radius 2 is 1.74 bits per heavy atom. The lowest BCUT2D eigenvalue weighted by Gasteiger charge is -2.25. The van der Waals surface area contributed by atoms with Crippen LogP contribution in [0.3, 0.4) is 0 Å². The minimum Gasteiger partial charge on any atom is -0.478 e. The van der Waals surface area contributed by atoms with Crippen molar-refractivity contribution in [3.8, 4) is 34.3 Å². The average molecular weight is 473 g/mol. The zero-order valence-electron chi connectivity index (χ0n) is 20.0. The number of pyridine rings is 1. The van der Waals surface area contributed by atoms with Crippen molar-refractivity contribution in [3.63, 3.8) is 0 Å². The van der Waals surface area contributed by atoms with Crippen LogP contribution in [0.25, 0.3) is 22.7 Å². The molecule has 2 aromatic heterocycles. The molecule has 0 amide bonds. The zero-order chi connectivity index (χ0) is 24.8. The maximum Gasteiger partial charge on any atom is 0.347 e. The first-order valence-electron chi connectivity index (χ1n) is 11.5. The summed E-state index contributed by atoms with van der Waals surface area (Å²) in [4.78, 5) is 20.8. The number of oxazole rings is 1. The van der Waals surface area contributed by atoms with E-state index in [1.54, 1.807) is 32.0 Å². The summed E-state index contributed by atoms with van der Waals surface area (Å²) in [6.45, 7) is 5.64. The third-order valence-electron chi connectivity index (χ3n) is 5.83. The second kappa shape index (κ2) is 10.4. The SMILES string of the molecule is CCC(C)(Oc1cccc(-c2cccc(OCCc3nc(-c4ccccc4)oc3C)n2)c1)C(=O)O. The van der Waals surface area contributed by atoms with Crippen LogP contribution in [0.15, 0.2) is 77.2 Å². The van der Waals surface area contributed by atoms with Crippen molar-refractivity contribution in [1.29, 1.82) is 0 Å². The molecule has 0 bridgehead atoms. The number of nitrogens with zero attached hydrogens (tertiary/aromatic N) is 2. The number of carboxylic acids is 1. The Kier molecular flexibility index (Phi) is 7.15. The molecule has 1 atom stereocenters. The summed E-state index contributed by atoms with van der Waals surface area (Å²) < 4.78 is 17.5. The first-order chi connectivity index (χ1) is 16.9. The van der Waals surface area contributed by atoms with Crippen LogP contribution < -0.4 is 9.47 Å². The number of ether oxygens (including phenoxy) is 2. The van der Waals surface area contributed by atoms with Crippen molar-refractivity contribution in [2.24, 2.45) is 0 Å². The van der Waals surface area contributed by atoms with E-state index in [2.05, 4.69) is 9.97 Å². The third kappa shape index (κ3) is 5.69. The Morgan fingerprint density at radius 1 is 1.00 bits per heavy atom. The third-order valence-corrected chi connectivity index (χ3v) is 5.83. The van der Waals surface area contributed by atoms with Gasteiger partial charge in [-0.2, -0.15) is 0 Å². The van der Waals surface area contributed by atoms with Crippen LogP contribution in [0.1, 0.15) is 31.7 Å². The maximum atomic E-state index is 11.6. The molecule has 4 rings (SSSR count). The van der Waals surface area contributed by atoms with Crippen LogP contribution in [-0.2, 0) is 11.2 Å². The molecule has 2 heterocycles. The van der Waals surface area contributed by atoms with Crippen LogP contribution in [0.2, 0.25) is 0 Å². The summed E-state index contributed by atoms with van der Waals surface area (Å²) in [7, 11) is 0. The minimum atomic E-state index is -1.30. The van der Waals surface area contributed by atoms with Crippen LogP contribution in [-0.4, -0.2) is 33.3 Å². The van der Waals surface area contributed by atoms with Crippen molar-refractivity contribution >= 4 is 5.97 Å². The van der Waals surface area contributed by atoms with E-state index in [4.69, 9.17) is 13.9 Å². The molecule has 0 spiro atoms. The largest absolute Gasteiger partial charge is 0.478 e. The molecule has 0 saturated carbocycles. The highest BCUT2D eigenvalue weighted by atomic mass is 16.5. The number of rotatable bonds is 10. The fourth-order valence-corrected chi connectivity index (χ4v) is 3.52. The summed E-state index contributed by atoms with van der Waals surface area (Å²) in [5, 5.41) is 9.49. The van der Waals surface area contributed by atoms with Crippen molar-refractivity contribution in [1.82, 2.24) is 9.97 Å². The maximum absolute atomic E-state index is 11.6. The van der Waals surface area contributed by atoms with E-state index in [0.717, 1.165) is 22.6 Å². The molecule has 7 nitrogen and oxygen atoms in total. The highest BCUT2D eigenvalue weighted by molar-refractivity contribution is 5.77. The minimum absolute atomic E-state index is 0.339. The molecule has 0 aliphatic carbocycles. The molecule has 2 aromatic carbocycles. The van der Waals surface area contributed by atoms with E-state index in [1.807, 2.05) is 61.5 Å². The van der Waals surface area contributed by atoms with Gasteiger partial charge in [0.25, 0.3) is 0 Å². The van der Waals surface area contributed by atoms with E-state index in [1.165, 1.54) is 0 Å². The Bertz CT molecular complexity index is 1300. The van der Waals surface area contributed by atoms with E-state index in [0.29, 0.717) is 42.7 Å². The Labute approximate surface area is 204 Å². The van der Waals surface area contributed by atoms with Gasteiger partial charge in [0.05, 0.1) is 18.0 Å². The zero-order valence-corrected chi connectivity index (χ0v) is 20.0. The number of aryl methyl sites for hydroxylation is 1. The first kappa shape index (κ1) is 24.0. The van der Waals surface area contributed by atoms with Gasteiger partial charge in [-0.1, -0.05) is 43.3 Å². The topological polar surface area (TPSA) is 94.7 Å². The Balaban J connectivity index is 1.42. The highest BCUT2D eigenvalue weighted by Gasteiger charge is 2.33. The first-order valence-corrected chi connectivity index (χ1v) is 11.5. The van der Waals surface area contributed by atoms with Crippen LogP contribution in [0, 0.1) is 6.92 Å². The number of hydrogen-bond donors (Lipinski definition) is 1. The molecule has 0 fully saturated rings. The highest BCUT2D eigenvalue weighted by Crippen LogP contribution is 2.28. The van der Waals surface area contributed by atoms with Gasteiger partial charge in [-0.3, -0.25) is 0 Å². The molecule has 0 aliphatic rings. The second-order valence-corrected chi connectivity index (χ2v) is 8.37. The van der Waals surface area contributed by atoms with Crippen molar-refractivity contribution in [2.75, 3.05) is 6.61 Å². The molecule has 1 N–H and O–H groups in total. The van der Waals surface area contributed by atoms with Crippen LogP contribution >= 0.6 is 0 Å².